The molecule has 84 valence electrons. The van der Waals surface area contributed by atoms with Gasteiger partial charge >= 0.3 is 0 Å². The first-order valence-electron chi connectivity index (χ1n) is 5.01. The van der Waals surface area contributed by atoms with Gasteiger partial charge in [-0.05, 0) is 47.2 Å². The summed E-state index contributed by atoms with van der Waals surface area (Å²) in [5, 5.41) is 5.42. The Bertz CT molecular complexity index is 434. The molecule has 1 unspecified atom stereocenters. The summed E-state index contributed by atoms with van der Waals surface area (Å²) in [5.41, 5.74) is 0.762. The molecule has 1 saturated heterocycles. The van der Waals surface area contributed by atoms with Gasteiger partial charge in [0.1, 0.15) is 6.04 Å². The van der Waals surface area contributed by atoms with Crippen LogP contribution in [0.5, 0.6) is 0 Å². The SMILES string of the molecule is O=C1CCC(C(=O)Nc2cccc(I)c2)N1. The average molecular weight is 330 g/mol. The number of anilines is 1. The Morgan fingerprint density at radius 3 is 2.94 bits per heavy atom. The first kappa shape index (κ1) is 11.4. The zero-order valence-electron chi connectivity index (χ0n) is 8.50. The maximum absolute atomic E-state index is 11.7. The van der Waals surface area contributed by atoms with Crippen molar-refractivity contribution >= 4 is 40.1 Å². The molecule has 4 nitrogen and oxygen atoms in total. The van der Waals surface area contributed by atoms with E-state index in [1.165, 1.54) is 0 Å². The maximum atomic E-state index is 11.7. The molecule has 2 N–H and O–H groups in total. The van der Waals surface area contributed by atoms with Crippen molar-refractivity contribution in [2.45, 2.75) is 18.9 Å². The fourth-order valence-electron chi connectivity index (χ4n) is 1.61. The molecule has 2 rings (SSSR count). The standard InChI is InChI=1S/C11H11IN2O2/c12-7-2-1-3-8(6-7)13-11(16)9-4-5-10(15)14-9/h1-3,6,9H,4-5H2,(H,13,16)(H,14,15). The number of carbonyl (C=O) groups is 2. The minimum Gasteiger partial charge on any atom is -0.344 e. The van der Waals surface area contributed by atoms with Crippen molar-refractivity contribution < 1.29 is 9.59 Å². The van der Waals surface area contributed by atoms with Crippen LogP contribution in [0.1, 0.15) is 12.8 Å². The summed E-state index contributed by atoms with van der Waals surface area (Å²) in [7, 11) is 0. The number of rotatable bonds is 2. The van der Waals surface area contributed by atoms with E-state index in [0.717, 1.165) is 9.26 Å². The van der Waals surface area contributed by atoms with Crippen LogP contribution in [0.2, 0.25) is 0 Å². The smallest absolute Gasteiger partial charge is 0.246 e. The maximum Gasteiger partial charge on any atom is 0.246 e. The lowest BCUT2D eigenvalue weighted by Crippen LogP contribution is -2.37. The lowest BCUT2D eigenvalue weighted by Gasteiger charge is -2.10. The van der Waals surface area contributed by atoms with E-state index in [2.05, 4.69) is 33.2 Å². The molecule has 0 saturated carbocycles. The second-order valence-corrected chi connectivity index (χ2v) is 4.90. The third-order valence-electron chi connectivity index (χ3n) is 2.40. The zero-order valence-corrected chi connectivity index (χ0v) is 10.7. The Kier molecular flexibility index (Phi) is 3.42. The Labute approximate surface area is 107 Å². The van der Waals surface area contributed by atoms with Crippen LogP contribution in [0.4, 0.5) is 5.69 Å². The van der Waals surface area contributed by atoms with Crippen molar-refractivity contribution in [3.63, 3.8) is 0 Å². The third-order valence-corrected chi connectivity index (χ3v) is 3.07. The number of nitrogens with one attached hydrogen (secondary N) is 2. The predicted molar refractivity (Wildman–Crippen MR) is 69.0 cm³/mol. The molecule has 1 fully saturated rings. The summed E-state index contributed by atoms with van der Waals surface area (Å²) in [6.45, 7) is 0. The summed E-state index contributed by atoms with van der Waals surface area (Å²) in [6.07, 6.45) is 1.01. The van der Waals surface area contributed by atoms with Crippen molar-refractivity contribution in [2.24, 2.45) is 0 Å². The number of carbonyl (C=O) groups excluding carboxylic acids is 2. The molecule has 2 amide bonds. The van der Waals surface area contributed by atoms with Crippen LogP contribution in [-0.4, -0.2) is 17.9 Å². The van der Waals surface area contributed by atoms with E-state index in [-0.39, 0.29) is 17.9 Å². The normalized spacial score (nSPS) is 19.3. The molecule has 0 radical (unpaired) electrons. The van der Waals surface area contributed by atoms with Gasteiger partial charge in [-0.15, -0.1) is 0 Å². The number of hydrogen-bond donors (Lipinski definition) is 2. The highest BCUT2D eigenvalue weighted by atomic mass is 127. The fraction of sp³-hybridized carbons (Fsp3) is 0.273. The largest absolute Gasteiger partial charge is 0.344 e. The molecular formula is C11H11IN2O2. The van der Waals surface area contributed by atoms with Crippen molar-refractivity contribution in [3.8, 4) is 0 Å². The van der Waals surface area contributed by atoms with Crippen LogP contribution in [-0.2, 0) is 9.59 Å². The quantitative estimate of drug-likeness (QED) is 0.808. The monoisotopic (exact) mass is 330 g/mol. The van der Waals surface area contributed by atoms with Crippen LogP contribution >= 0.6 is 22.6 Å². The Morgan fingerprint density at radius 1 is 1.50 bits per heavy atom. The highest BCUT2D eigenvalue weighted by Gasteiger charge is 2.26. The zero-order chi connectivity index (χ0) is 11.5. The number of hydrogen-bond acceptors (Lipinski definition) is 2. The Morgan fingerprint density at radius 2 is 2.31 bits per heavy atom. The van der Waals surface area contributed by atoms with Crippen molar-refractivity contribution in [3.05, 3.63) is 27.8 Å². The molecule has 1 aromatic rings. The molecule has 1 aliphatic rings. The second-order valence-electron chi connectivity index (χ2n) is 3.66. The van der Waals surface area contributed by atoms with Crippen molar-refractivity contribution in [1.82, 2.24) is 5.32 Å². The lowest BCUT2D eigenvalue weighted by atomic mass is 10.2. The molecule has 16 heavy (non-hydrogen) atoms. The first-order chi connectivity index (χ1) is 7.65. The molecule has 1 heterocycles. The van der Waals surface area contributed by atoms with E-state index >= 15 is 0 Å². The van der Waals surface area contributed by atoms with Gasteiger partial charge in [-0.1, -0.05) is 6.07 Å². The van der Waals surface area contributed by atoms with E-state index in [4.69, 9.17) is 0 Å². The summed E-state index contributed by atoms with van der Waals surface area (Å²) in [6, 6.07) is 7.16. The van der Waals surface area contributed by atoms with E-state index in [9.17, 15) is 9.59 Å². The lowest BCUT2D eigenvalue weighted by molar-refractivity contribution is -0.122. The second kappa shape index (κ2) is 4.82. The van der Waals surface area contributed by atoms with Gasteiger partial charge < -0.3 is 10.6 Å². The molecule has 0 aliphatic carbocycles. The van der Waals surface area contributed by atoms with E-state index in [1.54, 1.807) is 0 Å². The highest BCUT2D eigenvalue weighted by Crippen LogP contribution is 2.14. The van der Waals surface area contributed by atoms with Crippen molar-refractivity contribution in [2.75, 3.05) is 5.32 Å². The summed E-state index contributed by atoms with van der Waals surface area (Å²) in [4.78, 5) is 22.7. The van der Waals surface area contributed by atoms with Crippen LogP contribution in [0.25, 0.3) is 0 Å². The topological polar surface area (TPSA) is 58.2 Å². The van der Waals surface area contributed by atoms with Gasteiger partial charge in [0.25, 0.3) is 0 Å². The number of amides is 2. The average Bonchev–Trinajstić information content (AvgIpc) is 2.65. The van der Waals surface area contributed by atoms with Gasteiger partial charge in [-0.2, -0.15) is 0 Å². The summed E-state index contributed by atoms with van der Waals surface area (Å²) >= 11 is 2.18. The fourth-order valence-corrected chi connectivity index (χ4v) is 2.15. The van der Waals surface area contributed by atoms with Crippen molar-refractivity contribution in [1.29, 1.82) is 0 Å². The molecule has 0 bridgehead atoms. The van der Waals surface area contributed by atoms with Gasteiger partial charge in [0.2, 0.25) is 11.8 Å². The van der Waals surface area contributed by atoms with Crippen LogP contribution < -0.4 is 10.6 Å². The van der Waals surface area contributed by atoms with E-state index in [0.29, 0.717) is 12.8 Å². The van der Waals surface area contributed by atoms with Crippen LogP contribution in [0.3, 0.4) is 0 Å². The third kappa shape index (κ3) is 2.72. The van der Waals surface area contributed by atoms with Crippen LogP contribution in [0.15, 0.2) is 24.3 Å². The highest BCUT2D eigenvalue weighted by molar-refractivity contribution is 14.1. The molecule has 0 aromatic heterocycles. The Hall–Kier alpha value is -1.11. The Balaban J connectivity index is 1.99. The molecule has 0 spiro atoms. The molecule has 5 heteroatoms. The van der Waals surface area contributed by atoms with Gasteiger partial charge in [0.15, 0.2) is 0 Å². The minimum atomic E-state index is -0.384. The molecule has 1 aliphatic heterocycles. The minimum absolute atomic E-state index is 0.0530. The molecule has 1 atom stereocenters. The van der Waals surface area contributed by atoms with Gasteiger partial charge in [0, 0.05) is 15.7 Å². The number of halogens is 1. The van der Waals surface area contributed by atoms with Gasteiger partial charge in [-0.3, -0.25) is 9.59 Å². The first-order valence-corrected chi connectivity index (χ1v) is 6.09. The van der Waals surface area contributed by atoms with E-state index in [1.807, 2.05) is 24.3 Å². The summed E-state index contributed by atoms with van der Waals surface area (Å²) < 4.78 is 1.06. The molecule has 1 aromatic carbocycles. The van der Waals surface area contributed by atoms with Gasteiger partial charge in [0.05, 0.1) is 0 Å². The summed E-state index contributed by atoms with van der Waals surface area (Å²) in [5.74, 6) is -0.198. The molecular weight excluding hydrogens is 319 g/mol. The van der Waals surface area contributed by atoms with E-state index < -0.39 is 0 Å². The number of benzene rings is 1. The predicted octanol–water partition coefficient (Wildman–Crippen LogP) is 1.51. The van der Waals surface area contributed by atoms with Crippen LogP contribution in [0, 0.1) is 3.57 Å². The van der Waals surface area contributed by atoms with Gasteiger partial charge in [-0.25, -0.2) is 0 Å².